The summed E-state index contributed by atoms with van der Waals surface area (Å²) >= 11 is 1.22. The standard InChI is InChI=1S/C20H30N2O5S.CH3NO2/c1-7-25-17(23)11-12-22(14(2)3)28-21(6)19(24)26-16-10-8-9-15-13-20(4,5)27-18(15)16;2-1(3)4/h8-10,14H,7,11-13H2,1-6H3;2H2,(H,3,4). The molecule has 0 saturated carbocycles. The third-order valence-corrected chi connectivity index (χ3v) is 5.36. The molecule has 2 amide bonds. The molecule has 10 nitrogen and oxygen atoms in total. The Hall–Kier alpha value is -2.66. The molecule has 1 aliphatic rings. The second-order valence-electron chi connectivity index (χ2n) is 7.86. The van der Waals surface area contributed by atoms with Gasteiger partial charge in [-0.25, -0.2) is 18.2 Å². The summed E-state index contributed by atoms with van der Waals surface area (Å²) in [5, 5.41) is 7.19. The highest BCUT2D eigenvalue weighted by Gasteiger charge is 2.33. The number of nitrogens with zero attached hydrogens (tertiary/aromatic N) is 2. The molecule has 1 aromatic carbocycles. The number of primary amides is 1. The fourth-order valence-electron chi connectivity index (χ4n) is 2.84. The predicted octanol–water partition coefficient (Wildman–Crippen LogP) is 3.68. The normalized spacial score (nSPS) is 13.5. The van der Waals surface area contributed by atoms with Crippen LogP contribution in [0.1, 0.15) is 46.6 Å². The van der Waals surface area contributed by atoms with E-state index in [0.29, 0.717) is 24.7 Å². The van der Waals surface area contributed by atoms with Gasteiger partial charge in [-0.1, -0.05) is 12.1 Å². The van der Waals surface area contributed by atoms with Crippen LogP contribution in [0.3, 0.4) is 0 Å². The summed E-state index contributed by atoms with van der Waals surface area (Å²) in [6.45, 7) is 10.6. The molecule has 0 unspecified atom stereocenters. The van der Waals surface area contributed by atoms with Crippen molar-refractivity contribution in [3.8, 4) is 11.5 Å². The minimum absolute atomic E-state index is 0.125. The zero-order chi connectivity index (χ0) is 24.5. The molecule has 2 rings (SSSR count). The minimum Gasteiger partial charge on any atom is -0.483 e. The zero-order valence-corrected chi connectivity index (χ0v) is 20.2. The van der Waals surface area contributed by atoms with E-state index in [1.54, 1.807) is 20.0 Å². The van der Waals surface area contributed by atoms with E-state index in [1.807, 2.05) is 44.1 Å². The van der Waals surface area contributed by atoms with Crippen molar-refractivity contribution < 1.29 is 33.7 Å². The number of benzene rings is 1. The Balaban J connectivity index is 0.00000118. The first-order valence-electron chi connectivity index (χ1n) is 10.2. The Morgan fingerprint density at radius 1 is 1.31 bits per heavy atom. The third kappa shape index (κ3) is 9.23. The van der Waals surface area contributed by atoms with Crippen molar-refractivity contribution in [2.75, 3.05) is 20.2 Å². The van der Waals surface area contributed by atoms with Crippen LogP contribution in [-0.4, -0.2) is 63.7 Å². The lowest BCUT2D eigenvalue weighted by molar-refractivity contribution is -0.143. The molecular formula is C21H33N3O7S. The topological polar surface area (TPSA) is 132 Å². The van der Waals surface area contributed by atoms with E-state index in [-0.39, 0.29) is 24.0 Å². The fraction of sp³-hybridized carbons (Fsp3) is 0.571. The summed E-state index contributed by atoms with van der Waals surface area (Å²) in [7, 11) is 1.64. The quantitative estimate of drug-likeness (QED) is 0.430. The number of rotatable bonds is 8. The van der Waals surface area contributed by atoms with Crippen LogP contribution in [0.4, 0.5) is 9.59 Å². The van der Waals surface area contributed by atoms with Crippen molar-refractivity contribution in [2.45, 2.75) is 59.1 Å². The first kappa shape index (κ1) is 27.4. The highest BCUT2D eigenvalue weighted by atomic mass is 32.2. The molecule has 0 aromatic heterocycles. The minimum atomic E-state index is -1.33. The van der Waals surface area contributed by atoms with E-state index in [1.165, 1.54) is 16.4 Å². The van der Waals surface area contributed by atoms with E-state index in [9.17, 15) is 9.59 Å². The molecule has 0 fully saturated rings. The van der Waals surface area contributed by atoms with Crippen LogP contribution in [0.5, 0.6) is 11.5 Å². The molecule has 180 valence electrons. The van der Waals surface area contributed by atoms with Crippen LogP contribution in [-0.2, 0) is 16.0 Å². The summed E-state index contributed by atoms with van der Waals surface area (Å²) in [4.78, 5) is 33.0. The van der Waals surface area contributed by atoms with Gasteiger partial charge in [-0.05, 0) is 40.7 Å². The van der Waals surface area contributed by atoms with Gasteiger partial charge < -0.3 is 25.1 Å². The monoisotopic (exact) mass is 471 g/mol. The zero-order valence-electron chi connectivity index (χ0n) is 19.4. The Morgan fingerprint density at radius 3 is 2.50 bits per heavy atom. The first-order valence-corrected chi connectivity index (χ1v) is 10.9. The Kier molecular flexibility index (Phi) is 10.6. The van der Waals surface area contributed by atoms with Gasteiger partial charge in [-0.2, -0.15) is 0 Å². The third-order valence-electron chi connectivity index (χ3n) is 4.15. The molecule has 32 heavy (non-hydrogen) atoms. The van der Waals surface area contributed by atoms with Gasteiger partial charge in [0.1, 0.15) is 5.60 Å². The number of carbonyl (C=O) groups is 3. The predicted molar refractivity (Wildman–Crippen MR) is 122 cm³/mol. The Morgan fingerprint density at radius 2 is 1.94 bits per heavy atom. The maximum absolute atomic E-state index is 12.6. The number of amides is 2. The van der Waals surface area contributed by atoms with Gasteiger partial charge >= 0.3 is 18.2 Å². The van der Waals surface area contributed by atoms with Crippen molar-refractivity contribution in [2.24, 2.45) is 5.73 Å². The molecule has 3 N–H and O–H groups in total. The van der Waals surface area contributed by atoms with Gasteiger partial charge in [0.05, 0.1) is 13.0 Å². The number of nitrogens with two attached hydrogens (primary N) is 1. The molecule has 11 heteroatoms. The number of carboxylic acid groups (broad SMARTS) is 1. The molecule has 0 bridgehead atoms. The van der Waals surface area contributed by atoms with Crippen molar-refractivity contribution in [3.05, 3.63) is 23.8 Å². The Bertz CT molecular complexity index is 798. The molecular weight excluding hydrogens is 438 g/mol. The number of fused-ring (bicyclic) bond motifs is 1. The Labute approximate surface area is 193 Å². The highest BCUT2D eigenvalue weighted by Crippen LogP contribution is 2.42. The van der Waals surface area contributed by atoms with Gasteiger partial charge in [-0.15, -0.1) is 0 Å². The molecule has 0 radical (unpaired) electrons. The molecule has 0 atom stereocenters. The summed E-state index contributed by atoms with van der Waals surface area (Å²) in [6.07, 6.45) is -0.807. The smallest absolute Gasteiger partial charge is 0.426 e. The van der Waals surface area contributed by atoms with Gasteiger partial charge in [-0.3, -0.25) is 4.79 Å². The lowest BCUT2D eigenvalue weighted by Crippen LogP contribution is -2.34. The molecule has 0 aliphatic carbocycles. The number of hydrogen-bond donors (Lipinski definition) is 2. The molecule has 1 aromatic rings. The maximum Gasteiger partial charge on any atom is 0.426 e. The van der Waals surface area contributed by atoms with Crippen LogP contribution in [0.15, 0.2) is 18.2 Å². The van der Waals surface area contributed by atoms with Crippen LogP contribution in [0.25, 0.3) is 0 Å². The lowest BCUT2D eigenvalue weighted by atomic mass is 10.0. The molecule has 0 spiro atoms. The summed E-state index contributed by atoms with van der Waals surface area (Å²) in [6, 6.07) is 5.70. The van der Waals surface area contributed by atoms with Crippen molar-refractivity contribution in [1.29, 1.82) is 0 Å². The second kappa shape index (κ2) is 12.4. The molecule has 1 heterocycles. The van der Waals surface area contributed by atoms with Gasteiger partial charge in [0.2, 0.25) is 0 Å². The average molecular weight is 472 g/mol. The second-order valence-corrected chi connectivity index (χ2v) is 9.04. The summed E-state index contributed by atoms with van der Waals surface area (Å²) in [5.41, 5.74) is 4.75. The number of hydrogen-bond acceptors (Lipinski definition) is 8. The maximum atomic E-state index is 12.6. The van der Waals surface area contributed by atoms with Crippen molar-refractivity contribution >= 4 is 30.3 Å². The lowest BCUT2D eigenvalue weighted by Gasteiger charge is -2.28. The highest BCUT2D eigenvalue weighted by molar-refractivity contribution is 7.95. The van der Waals surface area contributed by atoms with Crippen LogP contribution >= 0.6 is 12.1 Å². The van der Waals surface area contributed by atoms with Crippen LogP contribution in [0, 0.1) is 0 Å². The first-order chi connectivity index (χ1) is 14.9. The van der Waals surface area contributed by atoms with Gasteiger partial charge in [0, 0.05) is 43.8 Å². The van der Waals surface area contributed by atoms with E-state index in [4.69, 9.17) is 24.1 Å². The summed E-state index contributed by atoms with van der Waals surface area (Å²) < 4.78 is 19.8. The SMILES string of the molecule is CCOC(=O)CCN(SN(C)C(=O)Oc1cccc2c1OC(C)(C)C2)C(C)C.NC(=O)O. The summed E-state index contributed by atoms with van der Waals surface area (Å²) in [5.74, 6) is 0.795. The van der Waals surface area contributed by atoms with E-state index < -0.39 is 12.2 Å². The number of esters is 1. The largest absolute Gasteiger partial charge is 0.483 e. The fourth-order valence-corrected chi connectivity index (χ4v) is 3.62. The van der Waals surface area contributed by atoms with Crippen molar-refractivity contribution in [1.82, 2.24) is 8.61 Å². The van der Waals surface area contributed by atoms with Crippen LogP contribution in [0.2, 0.25) is 0 Å². The van der Waals surface area contributed by atoms with E-state index >= 15 is 0 Å². The van der Waals surface area contributed by atoms with Crippen molar-refractivity contribution in [3.63, 3.8) is 0 Å². The van der Waals surface area contributed by atoms with Gasteiger partial charge in [0.25, 0.3) is 0 Å². The molecule has 0 saturated heterocycles. The van der Waals surface area contributed by atoms with Crippen LogP contribution < -0.4 is 15.2 Å². The number of ether oxygens (including phenoxy) is 3. The van der Waals surface area contributed by atoms with E-state index in [0.717, 1.165) is 12.0 Å². The average Bonchev–Trinajstić information content (AvgIpc) is 2.99. The van der Waals surface area contributed by atoms with E-state index in [2.05, 4.69) is 5.73 Å². The number of para-hydroxylation sites is 1. The van der Waals surface area contributed by atoms with Gasteiger partial charge in [0.15, 0.2) is 11.5 Å². The number of carbonyl (C=O) groups excluding carboxylic acids is 2. The molecule has 1 aliphatic heterocycles.